The van der Waals surface area contributed by atoms with Gasteiger partial charge in [0, 0.05) is 4.47 Å². The van der Waals surface area contributed by atoms with Crippen LogP contribution < -0.4 is 9.47 Å². The molecule has 0 radical (unpaired) electrons. The smallest absolute Gasteiger partial charge is 0.347 e. The van der Waals surface area contributed by atoms with Crippen LogP contribution in [0.15, 0.2) is 53.0 Å². The number of hydrogen-bond donors (Lipinski definition) is 0. The summed E-state index contributed by atoms with van der Waals surface area (Å²) in [5.74, 6) is 1.97. The highest BCUT2D eigenvalue weighted by atomic mass is 79.9. The largest absolute Gasteiger partial charge is 0.479 e. The third-order valence-corrected chi connectivity index (χ3v) is 3.72. The molecule has 1 unspecified atom stereocenters. The van der Waals surface area contributed by atoms with Crippen LogP contribution in [-0.4, -0.2) is 24.3 Å². The predicted molar refractivity (Wildman–Crippen MR) is 95.2 cm³/mol. The lowest BCUT2D eigenvalue weighted by Gasteiger charge is -2.14. The normalized spacial score (nSPS) is 11.6. The van der Waals surface area contributed by atoms with Crippen molar-refractivity contribution in [2.24, 2.45) is 0 Å². The highest BCUT2D eigenvalue weighted by Crippen LogP contribution is 2.25. The molecular formula is C17H17BrO4S. The zero-order valence-electron chi connectivity index (χ0n) is 12.8. The minimum atomic E-state index is -0.652. The first kappa shape index (κ1) is 17.7. The Morgan fingerprint density at radius 2 is 1.57 bits per heavy atom. The molecule has 0 aromatic heterocycles. The summed E-state index contributed by atoms with van der Waals surface area (Å²) < 4.78 is 17.3. The molecule has 0 spiro atoms. The van der Waals surface area contributed by atoms with Crippen LogP contribution in [0.3, 0.4) is 0 Å². The molecule has 1 atom stereocenters. The fourth-order valence-electron chi connectivity index (χ4n) is 1.71. The minimum Gasteiger partial charge on any atom is -0.479 e. The molecule has 0 N–H and O–H groups in total. The second-order valence-electron chi connectivity index (χ2n) is 4.66. The molecule has 0 fully saturated rings. The van der Waals surface area contributed by atoms with Crippen molar-refractivity contribution in [2.75, 3.05) is 12.2 Å². The molecule has 0 heterocycles. The van der Waals surface area contributed by atoms with E-state index in [0.717, 1.165) is 10.2 Å². The van der Waals surface area contributed by atoms with E-state index in [1.165, 1.54) is 11.8 Å². The number of carbonyl (C=O) groups excluding carboxylic acids is 1. The van der Waals surface area contributed by atoms with Crippen molar-refractivity contribution in [1.29, 1.82) is 0 Å². The summed E-state index contributed by atoms with van der Waals surface area (Å²) in [6.45, 7) is 1.66. The second kappa shape index (κ2) is 8.84. The van der Waals surface area contributed by atoms with Gasteiger partial charge in [-0.2, -0.15) is 0 Å². The average molecular weight is 397 g/mol. The Morgan fingerprint density at radius 1 is 1.04 bits per heavy atom. The summed E-state index contributed by atoms with van der Waals surface area (Å²) in [6, 6.07) is 14.7. The zero-order chi connectivity index (χ0) is 16.7. The van der Waals surface area contributed by atoms with E-state index < -0.39 is 6.10 Å². The monoisotopic (exact) mass is 396 g/mol. The third-order valence-electron chi connectivity index (χ3n) is 2.84. The van der Waals surface area contributed by atoms with Crippen LogP contribution in [0.2, 0.25) is 0 Å². The summed E-state index contributed by atoms with van der Waals surface area (Å²) >= 11 is 4.82. The van der Waals surface area contributed by atoms with Crippen molar-refractivity contribution in [3.05, 3.63) is 53.0 Å². The molecule has 23 heavy (non-hydrogen) atoms. The summed E-state index contributed by atoms with van der Waals surface area (Å²) in [7, 11) is 0. The number of benzene rings is 2. The Kier molecular flexibility index (Phi) is 6.80. The van der Waals surface area contributed by atoms with Gasteiger partial charge in [0.15, 0.2) is 6.10 Å². The van der Waals surface area contributed by atoms with Gasteiger partial charge in [-0.15, -0.1) is 11.8 Å². The number of ether oxygens (including phenoxy) is 3. The molecule has 2 aromatic carbocycles. The topological polar surface area (TPSA) is 44.8 Å². The Morgan fingerprint density at radius 3 is 2.13 bits per heavy atom. The van der Waals surface area contributed by atoms with Crippen molar-refractivity contribution in [3.8, 4) is 17.2 Å². The molecule has 0 amide bonds. The van der Waals surface area contributed by atoms with Crippen LogP contribution >= 0.6 is 27.7 Å². The predicted octanol–water partition coefficient (Wildman–Crippen LogP) is 4.87. The molecule has 0 saturated heterocycles. The van der Waals surface area contributed by atoms with Gasteiger partial charge >= 0.3 is 5.97 Å². The van der Waals surface area contributed by atoms with E-state index in [1.807, 2.05) is 30.5 Å². The van der Waals surface area contributed by atoms with Crippen molar-refractivity contribution >= 4 is 33.7 Å². The minimum absolute atomic E-state index is 0.326. The highest BCUT2D eigenvalue weighted by Gasteiger charge is 2.16. The van der Waals surface area contributed by atoms with E-state index in [2.05, 4.69) is 15.9 Å². The molecular weight excluding hydrogens is 380 g/mol. The number of carbonyl (C=O) groups is 1. The Bertz CT molecular complexity index is 628. The molecule has 2 rings (SSSR count). The van der Waals surface area contributed by atoms with Crippen LogP contribution in [0.25, 0.3) is 0 Å². The van der Waals surface area contributed by atoms with Crippen LogP contribution in [0.5, 0.6) is 17.2 Å². The number of rotatable bonds is 7. The second-order valence-corrected chi connectivity index (χ2v) is 6.39. The number of hydrogen-bond acceptors (Lipinski definition) is 5. The lowest BCUT2D eigenvalue weighted by molar-refractivity contribution is -0.148. The fourth-order valence-corrected chi connectivity index (χ4v) is 2.21. The molecule has 0 aliphatic carbocycles. The van der Waals surface area contributed by atoms with Gasteiger partial charge in [0.1, 0.15) is 23.2 Å². The summed E-state index contributed by atoms with van der Waals surface area (Å²) in [6.07, 6.45) is 1.21. The fraction of sp³-hybridized carbons (Fsp3) is 0.235. The third kappa shape index (κ3) is 5.80. The van der Waals surface area contributed by atoms with Crippen molar-refractivity contribution in [1.82, 2.24) is 0 Å². The number of esters is 1. The van der Waals surface area contributed by atoms with Gasteiger partial charge in [-0.05, 0) is 61.7 Å². The van der Waals surface area contributed by atoms with Gasteiger partial charge in [-0.3, -0.25) is 0 Å². The van der Waals surface area contributed by atoms with Gasteiger partial charge in [-0.25, -0.2) is 4.79 Å². The molecule has 122 valence electrons. The molecule has 0 bridgehead atoms. The Hall–Kier alpha value is -1.66. The maximum absolute atomic E-state index is 11.7. The zero-order valence-corrected chi connectivity index (χ0v) is 15.2. The summed E-state index contributed by atoms with van der Waals surface area (Å²) in [5.41, 5.74) is 0. The van der Waals surface area contributed by atoms with Crippen LogP contribution in [-0.2, 0) is 9.53 Å². The SMILES string of the molecule is CSCOC(=O)C(C)Oc1ccc(Oc2ccc(Br)cc2)cc1. The highest BCUT2D eigenvalue weighted by molar-refractivity contribution is 9.10. The molecule has 0 aliphatic heterocycles. The van der Waals surface area contributed by atoms with Gasteiger partial charge in [0.25, 0.3) is 0 Å². The van der Waals surface area contributed by atoms with Gasteiger partial charge in [-0.1, -0.05) is 15.9 Å². The van der Waals surface area contributed by atoms with Gasteiger partial charge in [0.2, 0.25) is 0 Å². The first-order valence-corrected chi connectivity index (χ1v) is 9.13. The Balaban J connectivity index is 1.91. The number of halogens is 1. The van der Waals surface area contributed by atoms with Crippen LogP contribution in [0.1, 0.15) is 6.92 Å². The van der Waals surface area contributed by atoms with Crippen LogP contribution in [0, 0.1) is 0 Å². The van der Waals surface area contributed by atoms with E-state index >= 15 is 0 Å². The quantitative estimate of drug-likeness (QED) is 0.493. The van der Waals surface area contributed by atoms with E-state index in [-0.39, 0.29) is 5.97 Å². The standard InChI is InChI=1S/C17H17BrO4S/c1-12(17(19)20-11-23-2)21-14-7-9-16(10-8-14)22-15-5-3-13(18)4-6-15/h3-10,12H,11H2,1-2H3. The molecule has 2 aromatic rings. The first-order chi connectivity index (χ1) is 11.1. The van der Waals surface area contributed by atoms with E-state index in [0.29, 0.717) is 17.4 Å². The van der Waals surface area contributed by atoms with Crippen molar-refractivity contribution < 1.29 is 19.0 Å². The molecule has 4 nitrogen and oxygen atoms in total. The maximum atomic E-state index is 11.7. The van der Waals surface area contributed by atoms with Crippen LogP contribution in [0.4, 0.5) is 0 Å². The first-order valence-electron chi connectivity index (χ1n) is 6.94. The van der Waals surface area contributed by atoms with E-state index in [1.54, 1.807) is 31.2 Å². The van der Waals surface area contributed by atoms with Crippen molar-refractivity contribution in [3.63, 3.8) is 0 Å². The lowest BCUT2D eigenvalue weighted by atomic mass is 10.3. The van der Waals surface area contributed by atoms with Gasteiger partial charge < -0.3 is 14.2 Å². The van der Waals surface area contributed by atoms with E-state index in [4.69, 9.17) is 14.2 Å². The van der Waals surface area contributed by atoms with E-state index in [9.17, 15) is 4.79 Å². The van der Waals surface area contributed by atoms with Gasteiger partial charge in [0.05, 0.1) is 0 Å². The molecule has 6 heteroatoms. The lowest BCUT2D eigenvalue weighted by Crippen LogP contribution is -2.25. The molecule has 0 aliphatic rings. The average Bonchev–Trinajstić information content (AvgIpc) is 2.56. The van der Waals surface area contributed by atoms with Crippen molar-refractivity contribution in [2.45, 2.75) is 13.0 Å². The maximum Gasteiger partial charge on any atom is 0.347 e. The summed E-state index contributed by atoms with van der Waals surface area (Å²) in [5, 5.41) is 0. The summed E-state index contributed by atoms with van der Waals surface area (Å²) in [4.78, 5) is 11.7. The Labute approximate surface area is 148 Å². The number of thioether (sulfide) groups is 1. The molecule has 0 saturated carbocycles.